The maximum absolute atomic E-state index is 12.0. The van der Waals surface area contributed by atoms with Crippen LogP contribution in [-0.2, 0) is 9.53 Å². The van der Waals surface area contributed by atoms with Crippen molar-refractivity contribution in [3.63, 3.8) is 0 Å². The van der Waals surface area contributed by atoms with Crippen molar-refractivity contribution >= 4 is 11.8 Å². The molecule has 2 amide bonds. The smallest absolute Gasteiger partial charge is 0.267 e. The normalized spacial score (nSPS) is 18.0. The van der Waals surface area contributed by atoms with Gasteiger partial charge >= 0.3 is 0 Å². The zero-order chi connectivity index (χ0) is 15.9. The first kappa shape index (κ1) is 16.2. The van der Waals surface area contributed by atoms with E-state index in [9.17, 15) is 9.59 Å². The van der Waals surface area contributed by atoms with Crippen LogP contribution in [0.3, 0.4) is 0 Å². The number of likely N-dealkylation sites (tertiary alicyclic amines) is 1. The molecule has 0 spiro atoms. The SMILES string of the molecule is CCOCC(=O)N1CCCC(Oc2ccnc(C(N)=O)c2)C1. The summed E-state index contributed by atoms with van der Waals surface area (Å²) in [7, 11) is 0. The summed E-state index contributed by atoms with van der Waals surface area (Å²) < 4.78 is 11.0. The first-order chi connectivity index (χ1) is 10.6. The highest BCUT2D eigenvalue weighted by Crippen LogP contribution is 2.19. The van der Waals surface area contributed by atoms with Gasteiger partial charge in [0.15, 0.2) is 0 Å². The van der Waals surface area contributed by atoms with E-state index in [1.807, 2.05) is 6.92 Å². The second-order valence-electron chi connectivity index (χ2n) is 5.10. The molecule has 2 rings (SSSR count). The monoisotopic (exact) mass is 307 g/mol. The zero-order valence-electron chi connectivity index (χ0n) is 12.7. The quantitative estimate of drug-likeness (QED) is 0.830. The van der Waals surface area contributed by atoms with E-state index in [1.165, 1.54) is 12.3 Å². The number of nitrogens with zero attached hydrogens (tertiary/aromatic N) is 2. The standard InChI is InChI=1S/C15H21N3O4/c1-2-21-10-14(19)18-7-3-4-12(9-18)22-11-5-6-17-13(8-11)15(16)20/h5-6,8,12H,2-4,7,9-10H2,1H3,(H2,16,20). The molecule has 0 bridgehead atoms. The number of carbonyl (C=O) groups excluding carboxylic acids is 2. The molecule has 1 atom stereocenters. The lowest BCUT2D eigenvalue weighted by molar-refractivity contribution is -0.138. The summed E-state index contributed by atoms with van der Waals surface area (Å²) in [5.41, 5.74) is 5.36. The van der Waals surface area contributed by atoms with Gasteiger partial charge in [-0.15, -0.1) is 0 Å². The van der Waals surface area contributed by atoms with Crippen LogP contribution in [0.5, 0.6) is 5.75 Å². The zero-order valence-corrected chi connectivity index (χ0v) is 12.7. The number of pyridine rings is 1. The molecule has 2 heterocycles. The lowest BCUT2D eigenvalue weighted by Crippen LogP contribution is -2.45. The average molecular weight is 307 g/mol. The highest BCUT2D eigenvalue weighted by molar-refractivity contribution is 5.91. The molecule has 1 aliphatic heterocycles. The van der Waals surface area contributed by atoms with Gasteiger partial charge in [-0.2, -0.15) is 0 Å². The van der Waals surface area contributed by atoms with E-state index >= 15 is 0 Å². The minimum atomic E-state index is -0.595. The molecule has 1 aromatic heterocycles. The molecular weight excluding hydrogens is 286 g/mol. The van der Waals surface area contributed by atoms with Crippen LogP contribution in [0.4, 0.5) is 0 Å². The first-order valence-corrected chi connectivity index (χ1v) is 7.38. The number of piperidine rings is 1. The minimum absolute atomic E-state index is 0.0253. The Kier molecular flexibility index (Phi) is 5.71. The molecule has 7 heteroatoms. The molecular formula is C15H21N3O4. The van der Waals surface area contributed by atoms with E-state index < -0.39 is 5.91 Å². The van der Waals surface area contributed by atoms with Gasteiger partial charge in [-0.1, -0.05) is 0 Å². The van der Waals surface area contributed by atoms with Crippen LogP contribution >= 0.6 is 0 Å². The molecule has 0 saturated carbocycles. The van der Waals surface area contributed by atoms with Gasteiger partial charge in [0.2, 0.25) is 5.91 Å². The van der Waals surface area contributed by atoms with Crippen LogP contribution in [0, 0.1) is 0 Å². The third kappa shape index (κ3) is 4.42. The number of carbonyl (C=O) groups is 2. The number of nitrogens with two attached hydrogens (primary N) is 1. The minimum Gasteiger partial charge on any atom is -0.488 e. The lowest BCUT2D eigenvalue weighted by atomic mass is 10.1. The van der Waals surface area contributed by atoms with Gasteiger partial charge in [0, 0.05) is 25.4 Å². The third-order valence-electron chi connectivity index (χ3n) is 3.45. The molecule has 0 aliphatic carbocycles. The molecule has 7 nitrogen and oxygen atoms in total. The molecule has 0 aromatic carbocycles. The molecule has 0 radical (unpaired) electrons. The van der Waals surface area contributed by atoms with E-state index in [-0.39, 0.29) is 24.3 Å². The maximum atomic E-state index is 12.0. The van der Waals surface area contributed by atoms with Crippen molar-refractivity contribution in [3.8, 4) is 5.75 Å². The van der Waals surface area contributed by atoms with Crippen LogP contribution in [0.15, 0.2) is 18.3 Å². The van der Waals surface area contributed by atoms with Crippen LogP contribution in [0.1, 0.15) is 30.3 Å². The number of hydrogen-bond acceptors (Lipinski definition) is 5. The van der Waals surface area contributed by atoms with Crippen molar-refractivity contribution in [2.75, 3.05) is 26.3 Å². The maximum Gasteiger partial charge on any atom is 0.267 e. The van der Waals surface area contributed by atoms with Crippen LogP contribution < -0.4 is 10.5 Å². The van der Waals surface area contributed by atoms with Crippen molar-refractivity contribution in [1.29, 1.82) is 0 Å². The topological polar surface area (TPSA) is 94.8 Å². The number of rotatable bonds is 6. The highest BCUT2D eigenvalue weighted by Gasteiger charge is 2.25. The highest BCUT2D eigenvalue weighted by atomic mass is 16.5. The van der Waals surface area contributed by atoms with E-state index in [2.05, 4.69) is 4.98 Å². The Morgan fingerprint density at radius 1 is 1.50 bits per heavy atom. The van der Waals surface area contributed by atoms with Crippen LogP contribution in [0.25, 0.3) is 0 Å². The Morgan fingerprint density at radius 2 is 2.32 bits per heavy atom. The van der Waals surface area contributed by atoms with Gasteiger partial charge < -0.3 is 20.1 Å². The Bertz CT molecular complexity index is 535. The molecule has 2 N–H and O–H groups in total. The van der Waals surface area contributed by atoms with Crippen molar-refractivity contribution in [2.45, 2.75) is 25.9 Å². The average Bonchev–Trinajstić information content (AvgIpc) is 2.53. The summed E-state index contributed by atoms with van der Waals surface area (Å²) in [5, 5.41) is 0. The molecule has 1 unspecified atom stereocenters. The van der Waals surface area contributed by atoms with Gasteiger partial charge in [0.25, 0.3) is 5.91 Å². The summed E-state index contributed by atoms with van der Waals surface area (Å²) >= 11 is 0. The Balaban J connectivity index is 1.94. The number of primary amides is 1. The number of aromatic nitrogens is 1. The molecule has 1 aromatic rings. The van der Waals surface area contributed by atoms with Crippen molar-refractivity contribution < 1.29 is 19.1 Å². The van der Waals surface area contributed by atoms with Gasteiger partial charge in [-0.3, -0.25) is 14.6 Å². The number of hydrogen-bond donors (Lipinski definition) is 1. The van der Waals surface area contributed by atoms with Crippen molar-refractivity contribution in [1.82, 2.24) is 9.88 Å². The Morgan fingerprint density at radius 3 is 3.05 bits per heavy atom. The van der Waals surface area contributed by atoms with E-state index in [0.717, 1.165) is 12.8 Å². The fourth-order valence-electron chi connectivity index (χ4n) is 2.35. The van der Waals surface area contributed by atoms with Gasteiger partial charge in [-0.25, -0.2) is 0 Å². The van der Waals surface area contributed by atoms with Crippen LogP contribution in [-0.4, -0.2) is 54.1 Å². The summed E-state index contributed by atoms with van der Waals surface area (Å²) in [4.78, 5) is 28.7. The fraction of sp³-hybridized carbons (Fsp3) is 0.533. The summed E-state index contributed by atoms with van der Waals surface area (Å²) in [6.07, 6.45) is 3.10. The molecule has 1 fully saturated rings. The largest absolute Gasteiger partial charge is 0.488 e. The predicted octanol–water partition coefficient (Wildman–Crippen LogP) is 0.587. The van der Waals surface area contributed by atoms with Gasteiger partial charge in [0.1, 0.15) is 24.2 Å². The number of ether oxygens (including phenoxy) is 2. The third-order valence-corrected chi connectivity index (χ3v) is 3.45. The summed E-state index contributed by atoms with van der Waals surface area (Å²) in [5.74, 6) is -0.0850. The Hall–Kier alpha value is -2.15. The lowest BCUT2D eigenvalue weighted by Gasteiger charge is -2.32. The first-order valence-electron chi connectivity index (χ1n) is 7.38. The number of amides is 2. The van der Waals surface area contributed by atoms with E-state index in [1.54, 1.807) is 11.0 Å². The fourth-order valence-corrected chi connectivity index (χ4v) is 2.35. The van der Waals surface area contributed by atoms with Gasteiger partial charge in [-0.05, 0) is 25.8 Å². The summed E-state index contributed by atoms with van der Waals surface area (Å²) in [6, 6.07) is 3.19. The molecule has 1 saturated heterocycles. The van der Waals surface area contributed by atoms with Crippen molar-refractivity contribution in [2.24, 2.45) is 5.73 Å². The second-order valence-corrected chi connectivity index (χ2v) is 5.10. The molecule has 22 heavy (non-hydrogen) atoms. The van der Waals surface area contributed by atoms with Gasteiger partial charge in [0.05, 0.1) is 6.54 Å². The molecule has 1 aliphatic rings. The van der Waals surface area contributed by atoms with E-state index in [0.29, 0.717) is 25.4 Å². The predicted molar refractivity (Wildman–Crippen MR) is 79.5 cm³/mol. The van der Waals surface area contributed by atoms with E-state index in [4.69, 9.17) is 15.2 Å². The Labute approximate surface area is 129 Å². The van der Waals surface area contributed by atoms with Crippen LogP contribution in [0.2, 0.25) is 0 Å². The second kappa shape index (κ2) is 7.74. The van der Waals surface area contributed by atoms with Crippen molar-refractivity contribution in [3.05, 3.63) is 24.0 Å². The molecule has 120 valence electrons. The summed E-state index contributed by atoms with van der Waals surface area (Å²) in [6.45, 7) is 3.71.